The van der Waals surface area contributed by atoms with Crippen molar-refractivity contribution in [3.05, 3.63) is 0 Å². The normalized spacial score (nSPS) is 5.80. The minimum atomic E-state index is 0. The summed E-state index contributed by atoms with van der Waals surface area (Å²) in [5, 5.41) is 1.24. The first-order valence-corrected chi connectivity index (χ1v) is 2.43. The van der Waals surface area contributed by atoms with Crippen molar-refractivity contribution in [2.45, 2.75) is 18.6 Å². The van der Waals surface area contributed by atoms with Gasteiger partial charge in [0.15, 0.2) is 0 Å². The first-order chi connectivity index (χ1) is 1.91. The van der Waals surface area contributed by atoms with Gasteiger partial charge in [-0.1, -0.05) is 13.3 Å². The van der Waals surface area contributed by atoms with Crippen LogP contribution < -0.4 is 0 Å². The summed E-state index contributed by atoms with van der Waals surface area (Å²) >= 11 is 2.66. The van der Waals surface area contributed by atoms with Gasteiger partial charge in [-0.2, -0.15) is 0 Å². The summed E-state index contributed by atoms with van der Waals surface area (Å²) in [5.41, 5.74) is 0. The van der Waals surface area contributed by atoms with Crippen molar-refractivity contribution >= 4 is 35.2 Å². The minimum Gasteiger partial charge on any atom is -0.118 e. The molecule has 0 aromatic heterocycles. The largest absolute Gasteiger partial charge is 0.118 e. The van der Waals surface area contributed by atoms with E-state index in [9.17, 15) is 0 Å². The van der Waals surface area contributed by atoms with Gasteiger partial charge in [0, 0.05) is 18.9 Å². The molecule has 23 valence electrons. The van der Waals surface area contributed by atoms with Crippen LogP contribution in [0.2, 0.25) is 5.28 Å². The molecule has 0 unspecified atom stereocenters. The SMILES string of the molecule is CC[CH2][Al].[Li]. The second-order valence-corrected chi connectivity index (χ2v) is 1.37. The molecule has 0 rings (SSSR count). The van der Waals surface area contributed by atoms with Gasteiger partial charge in [-0.25, -0.2) is 0 Å². The molecule has 3 radical (unpaired) electrons. The Labute approximate surface area is 53.9 Å². The van der Waals surface area contributed by atoms with Crippen LogP contribution in [0.5, 0.6) is 0 Å². The molecule has 0 aliphatic rings. The average molecular weight is 77.0 g/mol. The molecular weight excluding hydrogens is 70.0 g/mol. The zero-order valence-electron chi connectivity index (χ0n) is 3.99. The Bertz CT molecular complexity index is 8.85. The van der Waals surface area contributed by atoms with Gasteiger partial charge >= 0.3 is 0 Å². The molecule has 0 N–H and O–H groups in total. The molecule has 0 spiro atoms. The van der Waals surface area contributed by atoms with Crippen LogP contribution in [0, 0.1) is 0 Å². The maximum Gasteiger partial charge on any atom is 0.118 e. The molecule has 0 aromatic rings. The zero-order valence-corrected chi connectivity index (χ0v) is 5.15. The summed E-state index contributed by atoms with van der Waals surface area (Å²) in [4.78, 5) is 0. The van der Waals surface area contributed by atoms with E-state index in [0.29, 0.717) is 0 Å². The van der Waals surface area contributed by atoms with Crippen molar-refractivity contribution in [3.8, 4) is 0 Å². The van der Waals surface area contributed by atoms with Gasteiger partial charge in [-0.15, -0.1) is 5.28 Å². The number of hydrogen-bond donors (Lipinski definition) is 0. The van der Waals surface area contributed by atoms with Gasteiger partial charge in [0.2, 0.25) is 0 Å². The van der Waals surface area contributed by atoms with Gasteiger partial charge < -0.3 is 0 Å². The van der Waals surface area contributed by atoms with Crippen molar-refractivity contribution in [3.63, 3.8) is 0 Å². The van der Waals surface area contributed by atoms with E-state index in [4.69, 9.17) is 0 Å². The van der Waals surface area contributed by atoms with E-state index in [2.05, 4.69) is 23.2 Å². The van der Waals surface area contributed by atoms with E-state index >= 15 is 0 Å². The van der Waals surface area contributed by atoms with Gasteiger partial charge in [0.1, 0.15) is 16.3 Å². The Morgan fingerprint density at radius 1 is 1.60 bits per heavy atom. The second kappa shape index (κ2) is 8.93. The summed E-state index contributed by atoms with van der Waals surface area (Å²) in [6, 6.07) is 0. The topological polar surface area (TPSA) is 0 Å². The Morgan fingerprint density at radius 3 is 1.80 bits per heavy atom. The van der Waals surface area contributed by atoms with Gasteiger partial charge in [0.25, 0.3) is 0 Å². The fraction of sp³-hybridized carbons (Fsp3) is 1.00. The van der Waals surface area contributed by atoms with Crippen molar-refractivity contribution in [1.82, 2.24) is 0 Å². The molecule has 0 amide bonds. The van der Waals surface area contributed by atoms with Crippen LogP contribution in [0.25, 0.3) is 0 Å². The van der Waals surface area contributed by atoms with Crippen molar-refractivity contribution < 1.29 is 0 Å². The summed E-state index contributed by atoms with van der Waals surface area (Å²) in [5.74, 6) is 0. The zero-order chi connectivity index (χ0) is 3.41. The Hall–Kier alpha value is 1.13. The Morgan fingerprint density at radius 2 is 1.80 bits per heavy atom. The molecular formula is C3H7AlLi. The predicted octanol–water partition coefficient (Wildman–Crippen LogP) is 0.602. The van der Waals surface area contributed by atoms with Gasteiger partial charge in [-0.05, 0) is 0 Å². The molecule has 0 aliphatic carbocycles. The summed E-state index contributed by atoms with van der Waals surface area (Å²) in [6.07, 6.45) is 1.28. The molecule has 2 heteroatoms. The summed E-state index contributed by atoms with van der Waals surface area (Å²) in [6.45, 7) is 2.16. The van der Waals surface area contributed by atoms with Crippen molar-refractivity contribution in [1.29, 1.82) is 0 Å². The third-order valence-electron chi connectivity index (χ3n) is 0.289. The summed E-state index contributed by atoms with van der Waals surface area (Å²) < 4.78 is 0. The molecule has 0 heterocycles. The Kier molecular flexibility index (Phi) is 16.9. The molecule has 0 bridgehead atoms. The third kappa shape index (κ3) is 11.1. The quantitative estimate of drug-likeness (QED) is 0.402. The van der Waals surface area contributed by atoms with E-state index in [1.54, 1.807) is 0 Å². The van der Waals surface area contributed by atoms with Crippen LogP contribution in [0.3, 0.4) is 0 Å². The molecule has 0 aromatic carbocycles. The van der Waals surface area contributed by atoms with E-state index in [-0.39, 0.29) is 18.9 Å². The van der Waals surface area contributed by atoms with E-state index in [1.807, 2.05) is 0 Å². The number of hydrogen-bond acceptors (Lipinski definition) is 0. The first-order valence-electron chi connectivity index (χ1n) is 1.62. The van der Waals surface area contributed by atoms with Crippen LogP contribution in [0.4, 0.5) is 0 Å². The average Bonchev–Trinajstić information content (AvgIpc) is 1.37. The van der Waals surface area contributed by atoms with Crippen LogP contribution in [0.1, 0.15) is 13.3 Å². The maximum absolute atomic E-state index is 2.66. The molecule has 0 atom stereocenters. The van der Waals surface area contributed by atoms with Gasteiger partial charge in [0.05, 0.1) is 0 Å². The number of rotatable bonds is 1. The molecule has 5 heavy (non-hydrogen) atoms. The van der Waals surface area contributed by atoms with Crippen LogP contribution in [0.15, 0.2) is 0 Å². The third-order valence-corrected chi connectivity index (χ3v) is 0.866. The van der Waals surface area contributed by atoms with Crippen LogP contribution >= 0.6 is 0 Å². The molecule has 0 fully saturated rings. The fourth-order valence-electron chi connectivity index (χ4n) is 0. The van der Waals surface area contributed by atoms with Gasteiger partial charge in [-0.3, -0.25) is 0 Å². The van der Waals surface area contributed by atoms with E-state index < -0.39 is 0 Å². The standard InChI is InChI=1S/C3H7.Al.Li/c1-3-2;;/h1,3H2,2H3;;. The minimum absolute atomic E-state index is 0. The monoisotopic (exact) mass is 77.1 g/mol. The smallest absolute Gasteiger partial charge is 0.118 e. The maximum atomic E-state index is 2.66. The van der Waals surface area contributed by atoms with Crippen LogP contribution in [-0.4, -0.2) is 35.2 Å². The second-order valence-electron chi connectivity index (χ2n) is 0.789. The van der Waals surface area contributed by atoms with E-state index in [1.165, 1.54) is 11.7 Å². The summed E-state index contributed by atoms with van der Waals surface area (Å²) in [7, 11) is 0. The Balaban J connectivity index is 0. The predicted molar refractivity (Wildman–Crippen MR) is 26.6 cm³/mol. The first kappa shape index (κ1) is 9.46. The molecule has 0 aliphatic heterocycles. The molecule has 0 saturated carbocycles. The molecule has 0 nitrogen and oxygen atoms in total. The van der Waals surface area contributed by atoms with Crippen LogP contribution in [-0.2, 0) is 0 Å². The van der Waals surface area contributed by atoms with Crippen molar-refractivity contribution in [2.24, 2.45) is 0 Å². The fourth-order valence-corrected chi connectivity index (χ4v) is 0. The molecule has 0 saturated heterocycles. The van der Waals surface area contributed by atoms with E-state index in [0.717, 1.165) is 0 Å². The van der Waals surface area contributed by atoms with Crippen molar-refractivity contribution in [2.75, 3.05) is 0 Å².